The number of halogens is 2. The SMILES string of the molecule is O=C(NCCC[NH+]1CCOCC1)c1ccc(Br)cc1.[Cl-]. The second-order valence-corrected chi connectivity index (χ2v) is 5.64. The highest BCUT2D eigenvalue weighted by Crippen LogP contribution is 2.10. The van der Waals surface area contributed by atoms with Gasteiger partial charge in [-0.3, -0.25) is 4.79 Å². The summed E-state index contributed by atoms with van der Waals surface area (Å²) in [5.74, 6) is 0.00415. The molecule has 1 aliphatic rings. The molecule has 0 saturated carbocycles. The summed E-state index contributed by atoms with van der Waals surface area (Å²) in [5.41, 5.74) is 0.710. The van der Waals surface area contributed by atoms with Gasteiger partial charge in [-0.25, -0.2) is 0 Å². The molecule has 0 spiro atoms. The number of nitrogens with one attached hydrogen (secondary N) is 2. The average molecular weight is 364 g/mol. The van der Waals surface area contributed by atoms with E-state index in [1.54, 1.807) is 4.90 Å². The van der Waals surface area contributed by atoms with Crippen molar-refractivity contribution in [3.8, 4) is 0 Å². The molecule has 20 heavy (non-hydrogen) atoms. The molecular weight excluding hydrogens is 344 g/mol. The number of hydrogen-bond acceptors (Lipinski definition) is 2. The summed E-state index contributed by atoms with van der Waals surface area (Å²) < 4.78 is 6.30. The first-order valence-corrected chi connectivity index (χ1v) is 7.50. The summed E-state index contributed by atoms with van der Waals surface area (Å²) in [7, 11) is 0. The minimum atomic E-state index is 0. The molecule has 1 fully saturated rings. The Hall–Kier alpha value is -0.620. The molecule has 0 atom stereocenters. The maximum Gasteiger partial charge on any atom is 0.251 e. The molecule has 1 aromatic carbocycles. The van der Waals surface area contributed by atoms with Crippen LogP contribution in [0.15, 0.2) is 28.7 Å². The average Bonchev–Trinajstić information content (AvgIpc) is 2.45. The highest BCUT2D eigenvalue weighted by Gasteiger charge is 2.13. The van der Waals surface area contributed by atoms with Crippen LogP contribution in [0.1, 0.15) is 16.8 Å². The van der Waals surface area contributed by atoms with Gasteiger partial charge >= 0.3 is 0 Å². The van der Waals surface area contributed by atoms with Gasteiger partial charge < -0.3 is 27.4 Å². The number of rotatable bonds is 5. The molecule has 1 amide bonds. The van der Waals surface area contributed by atoms with Crippen LogP contribution in [0.25, 0.3) is 0 Å². The third-order valence-corrected chi connectivity index (χ3v) is 3.83. The predicted octanol–water partition coefficient (Wildman–Crippen LogP) is -2.51. The Kier molecular flexibility index (Phi) is 8.14. The van der Waals surface area contributed by atoms with Crippen LogP contribution < -0.4 is 22.6 Å². The maximum absolute atomic E-state index is 11.9. The van der Waals surface area contributed by atoms with Crippen LogP contribution in [0, 0.1) is 0 Å². The van der Waals surface area contributed by atoms with Gasteiger partial charge in [-0.1, -0.05) is 15.9 Å². The Morgan fingerprint density at radius 3 is 2.55 bits per heavy atom. The van der Waals surface area contributed by atoms with E-state index in [-0.39, 0.29) is 18.3 Å². The van der Waals surface area contributed by atoms with Crippen molar-refractivity contribution in [3.05, 3.63) is 34.3 Å². The van der Waals surface area contributed by atoms with Crippen LogP contribution in [0.4, 0.5) is 0 Å². The molecule has 0 aliphatic carbocycles. The number of hydrogen-bond donors (Lipinski definition) is 2. The summed E-state index contributed by atoms with van der Waals surface area (Å²) >= 11 is 3.36. The number of benzene rings is 1. The minimum Gasteiger partial charge on any atom is -1.00 e. The van der Waals surface area contributed by atoms with Crippen LogP contribution in [0.5, 0.6) is 0 Å². The highest BCUT2D eigenvalue weighted by atomic mass is 79.9. The Balaban J connectivity index is 0.00000200. The van der Waals surface area contributed by atoms with Crippen LogP contribution in [0.3, 0.4) is 0 Å². The van der Waals surface area contributed by atoms with E-state index in [2.05, 4.69) is 21.2 Å². The topological polar surface area (TPSA) is 42.8 Å². The van der Waals surface area contributed by atoms with Crippen molar-refractivity contribution in [2.24, 2.45) is 0 Å². The first-order valence-electron chi connectivity index (χ1n) is 6.71. The predicted molar refractivity (Wildman–Crippen MR) is 77.5 cm³/mol. The Morgan fingerprint density at radius 1 is 1.25 bits per heavy atom. The van der Waals surface area contributed by atoms with Crippen molar-refractivity contribution < 1.29 is 26.8 Å². The van der Waals surface area contributed by atoms with E-state index < -0.39 is 0 Å². The summed E-state index contributed by atoms with van der Waals surface area (Å²) in [6.07, 6.45) is 1.01. The molecule has 6 heteroatoms. The molecule has 1 aromatic rings. The van der Waals surface area contributed by atoms with Crippen LogP contribution in [-0.2, 0) is 4.74 Å². The number of quaternary nitrogens is 1. The van der Waals surface area contributed by atoms with E-state index in [1.165, 1.54) is 0 Å². The van der Waals surface area contributed by atoms with Gasteiger partial charge in [-0.15, -0.1) is 0 Å². The molecule has 1 saturated heterocycles. The van der Waals surface area contributed by atoms with E-state index in [9.17, 15) is 4.79 Å². The van der Waals surface area contributed by atoms with E-state index in [1.807, 2.05) is 24.3 Å². The number of morpholine rings is 1. The standard InChI is InChI=1S/C14H19BrN2O2.ClH/c15-13-4-2-12(3-5-13)14(18)16-6-1-7-17-8-10-19-11-9-17;/h2-5H,1,6-11H2,(H,16,18);1H. The molecule has 0 radical (unpaired) electrons. The Labute approximate surface area is 134 Å². The fourth-order valence-electron chi connectivity index (χ4n) is 2.15. The van der Waals surface area contributed by atoms with Crippen molar-refractivity contribution in [2.75, 3.05) is 39.4 Å². The van der Waals surface area contributed by atoms with E-state index in [4.69, 9.17) is 4.74 Å². The second-order valence-electron chi connectivity index (χ2n) is 4.73. The molecule has 0 unspecified atom stereocenters. The monoisotopic (exact) mass is 362 g/mol. The van der Waals surface area contributed by atoms with Crippen LogP contribution in [-0.4, -0.2) is 45.3 Å². The Bertz CT molecular complexity index is 408. The lowest BCUT2D eigenvalue weighted by atomic mass is 10.2. The summed E-state index contributed by atoms with van der Waals surface area (Å²) in [5, 5.41) is 2.96. The first-order chi connectivity index (χ1) is 9.25. The molecule has 1 aliphatic heterocycles. The normalized spacial score (nSPS) is 15.4. The zero-order valence-corrected chi connectivity index (χ0v) is 13.7. The lowest BCUT2D eigenvalue weighted by Crippen LogP contribution is -3.14. The smallest absolute Gasteiger partial charge is 0.251 e. The van der Waals surface area contributed by atoms with Crippen molar-refractivity contribution in [2.45, 2.75) is 6.42 Å². The first kappa shape index (κ1) is 17.4. The summed E-state index contributed by atoms with van der Waals surface area (Å²) in [6.45, 7) is 5.73. The quantitative estimate of drug-likeness (QED) is 0.568. The van der Waals surface area contributed by atoms with Gasteiger partial charge in [0.05, 0.1) is 19.8 Å². The third kappa shape index (κ3) is 5.79. The van der Waals surface area contributed by atoms with Crippen molar-refractivity contribution >= 4 is 21.8 Å². The largest absolute Gasteiger partial charge is 1.00 e. The molecule has 0 bridgehead atoms. The zero-order chi connectivity index (χ0) is 13.5. The van der Waals surface area contributed by atoms with Gasteiger partial charge in [0.2, 0.25) is 0 Å². The van der Waals surface area contributed by atoms with Crippen molar-refractivity contribution in [1.82, 2.24) is 5.32 Å². The number of ether oxygens (including phenoxy) is 1. The van der Waals surface area contributed by atoms with Crippen LogP contribution in [0.2, 0.25) is 0 Å². The van der Waals surface area contributed by atoms with Gasteiger partial charge in [-0.05, 0) is 24.3 Å². The summed E-state index contributed by atoms with van der Waals surface area (Å²) in [4.78, 5) is 13.4. The van der Waals surface area contributed by atoms with Crippen LogP contribution >= 0.6 is 15.9 Å². The molecule has 2 rings (SSSR count). The Morgan fingerprint density at radius 2 is 1.90 bits per heavy atom. The summed E-state index contributed by atoms with van der Waals surface area (Å²) in [6, 6.07) is 7.42. The third-order valence-electron chi connectivity index (χ3n) is 3.30. The van der Waals surface area contributed by atoms with Gasteiger partial charge in [0, 0.05) is 23.0 Å². The highest BCUT2D eigenvalue weighted by molar-refractivity contribution is 9.10. The van der Waals surface area contributed by atoms with Crippen molar-refractivity contribution in [1.29, 1.82) is 0 Å². The maximum atomic E-state index is 11.9. The zero-order valence-electron chi connectivity index (χ0n) is 11.3. The van der Waals surface area contributed by atoms with Crippen molar-refractivity contribution in [3.63, 3.8) is 0 Å². The minimum absolute atomic E-state index is 0. The molecule has 4 nitrogen and oxygen atoms in total. The van der Waals surface area contributed by atoms with E-state index in [0.717, 1.165) is 50.3 Å². The lowest BCUT2D eigenvalue weighted by Gasteiger charge is -2.23. The fourth-order valence-corrected chi connectivity index (χ4v) is 2.42. The van der Waals surface area contributed by atoms with Gasteiger partial charge in [0.1, 0.15) is 13.1 Å². The van der Waals surface area contributed by atoms with E-state index in [0.29, 0.717) is 5.56 Å². The van der Waals surface area contributed by atoms with E-state index >= 15 is 0 Å². The fraction of sp³-hybridized carbons (Fsp3) is 0.500. The molecule has 112 valence electrons. The molecule has 2 N–H and O–H groups in total. The molecule has 0 aromatic heterocycles. The molecule has 1 heterocycles. The molecular formula is C14H20BrClN2O2. The lowest BCUT2D eigenvalue weighted by molar-refractivity contribution is -0.908. The second kappa shape index (κ2) is 9.34. The van der Waals surface area contributed by atoms with Gasteiger partial charge in [-0.2, -0.15) is 0 Å². The number of carbonyl (C=O) groups is 1. The number of amides is 1. The van der Waals surface area contributed by atoms with Gasteiger partial charge in [0.25, 0.3) is 5.91 Å². The number of carbonyl (C=O) groups excluding carboxylic acids is 1. The van der Waals surface area contributed by atoms with Gasteiger partial charge in [0.15, 0.2) is 0 Å².